The number of aromatic carboxylic acids is 1. The summed E-state index contributed by atoms with van der Waals surface area (Å²) in [6.07, 6.45) is 0. The molecule has 0 saturated heterocycles. The first kappa shape index (κ1) is 12.6. The molecule has 0 spiro atoms. The Bertz CT molecular complexity index is 314. The van der Waals surface area contributed by atoms with E-state index in [0.29, 0.717) is 0 Å². The van der Waals surface area contributed by atoms with E-state index < -0.39 is 18.4 Å². The van der Waals surface area contributed by atoms with E-state index in [0.717, 1.165) is 18.2 Å². The first-order valence-electron chi connectivity index (χ1n) is 3.26. The van der Waals surface area contributed by atoms with Crippen LogP contribution in [0.4, 0.5) is 4.39 Å². The van der Waals surface area contributed by atoms with E-state index in [2.05, 4.69) is 0 Å². The molecular formula is C8H6FNaO3. The summed E-state index contributed by atoms with van der Waals surface area (Å²) >= 11 is 0. The predicted molar refractivity (Wildman–Crippen MR) is 36.7 cm³/mol. The van der Waals surface area contributed by atoms with E-state index in [1.807, 2.05) is 0 Å². The normalized spacial score (nSPS) is 9.08. The monoisotopic (exact) mass is 192 g/mol. The van der Waals surface area contributed by atoms with Crippen molar-refractivity contribution in [3.05, 3.63) is 35.1 Å². The van der Waals surface area contributed by atoms with Crippen LogP contribution < -0.4 is 34.7 Å². The largest absolute Gasteiger partial charge is 1.00 e. The third kappa shape index (κ3) is 3.08. The van der Waals surface area contributed by atoms with Gasteiger partial charge in [0.15, 0.2) is 0 Å². The van der Waals surface area contributed by atoms with Gasteiger partial charge in [0, 0.05) is 5.56 Å². The van der Waals surface area contributed by atoms with Crippen LogP contribution in [0.5, 0.6) is 0 Å². The molecule has 1 aromatic carbocycles. The molecule has 0 atom stereocenters. The molecule has 1 rings (SSSR count). The third-order valence-corrected chi connectivity index (χ3v) is 1.46. The maximum absolute atomic E-state index is 12.5. The number of carboxylic acid groups (broad SMARTS) is 1. The van der Waals surface area contributed by atoms with Gasteiger partial charge in [0.2, 0.25) is 0 Å². The van der Waals surface area contributed by atoms with Crippen molar-refractivity contribution in [1.82, 2.24) is 0 Å². The van der Waals surface area contributed by atoms with Gasteiger partial charge in [-0.1, -0.05) is 0 Å². The molecule has 0 unspecified atom stereocenters. The summed E-state index contributed by atoms with van der Waals surface area (Å²) in [4.78, 5) is 10.3. The minimum absolute atomic E-state index is 0. The SMILES string of the molecule is O=C([O-])c1ccc(F)cc1CO.[Na+]. The minimum atomic E-state index is -1.42. The first-order chi connectivity index (χ1) is 5.65. The van der Waals surface area contributed by atoms with Crippen LogP contribution in [-0.4, -0.2) is 11.1 Å². The van der Waals surface area contributed by atoms with Gasteiger partial charge in [0.25, 0.3) is 0 Å². The Morgan fingerprint density at radius 1 is 1.54 bits per heavy atom. The number of hydrogen-bond donors (Lipinski definition) is 1. The zero-order chi connectivity index (χ0) is 9.14. The van der Waals surface area contributed by atoms with Crippen LogP contribution in [0, 0.1) is 5.82 Å². The summed E-state index contributed by atoms with van der Waals surface area (Å²) in [6, 6.07) is 3.03. The van der Waals surface area contributed by atoms with E-state index in [9.17, 15) is 14.3 Å². The number of carboxylic acids is 1. The van der Waals surface area contributed by atoms with Crippen LogP contribution >= 0.6 is 0 Å². The molecule has 1 aromatic rings. The van der Waals surface area contributed by atoms with Crippen LogP contribution in [0.2, 0.25) is 0 Å². The molecule has 0 aliphatic carbocycles. The molecule has 0 aliphatic heterocycles. The Morgan fingerprint density at radius 3 is 2.62 bits per heavy atom. The van der Waals surface area contributed by atoms with Crippen LogP contribution in [0.1, 0.15) is 15.9 Å². The van der Waals surface area contributed by atoms with Crippen LogP contribution in [0.15, 0.2) is 18.2 Å². The Kier molecular flexibility index (Phi) is 5.17. The number of carbonyl (C=O) groups is 1. The smallest absolute Gasteiger partial charge is 0.545 e. The van der Waals surface area contributed by atoms with Crippen molar-refractivity contribution in [3.63, 3.8) is 0 Å². The molecular weight excluding hydrogens is 186 g/mol. The Labute approximate surface area is 96.5 Å². The van der Waals surface area contributed by atoms with Gasteiger partial charge in [-0.25, -0.2) is 4.39 Å². The second-order valence-electron chi connectivity index (χ2n) is 2.25. The van der Waals surface area contributed by atoms with Crippen molar-refractivity contribution < 1.29 is 49.0 Å². The van der Waals surface area contributed by atoms with Crippen LogP contribution in [0.25, 0.3) is 0 Å². The standard InChI is InChI=1S/C8H7FO3.Na/c9-6-1-2-7(8(11)12)5(3-6)4-10;/h1-3,10H,4H2,(H,11,12);/q;+1/p-1. The molecule has 0 radical (unpaired) electrons. The van der Waals surface area contributed by atoms with Crippen molar-refractivity contribution in [3.8, 4) is 0 Å². The van der Waals surface area contributed by atoms with Gasteiger partial charge in [0.05, 0.1) is 12.6 Å². The van der Waals surface area contributed by atoms with Crippen molar-refractivity contribution >= 4 is 5.97 Å². The summed E-state index contributed by atoms with van der Waals surface area (Å²) < 4.78 is 12.5. The van der Waals surface area contributed by atoms with E-state index in [1.165, 1.54) is 0 Å². The molecule has 0 aromatic heterocycles. The topological polar surface area (TPSA) is 60.4 Å². The molecule has 13 heavy (non-hydrogen) atoms. The average Bonchev–Trinajstić information content (AvgIpc) is 2.03. The predicted octanol–water partition coefficient (Wildman–Crippen LogP) is -3.31. The van der Waals surface area contributed by atoms with Gasteiger partial charge < -0.3 is 15.0 Å². The number of rotatable bonds is 2. The fourth-order valence-corrected chi connectivity index (χ4v) is 0.892. The molecule has 1 N–H and O–H groups in total. The van der Waals surface area contributed by atoms with Crippen molar-refractivity contribution in [2.45, 2.75) is 6.61 Å². The Hall–Kier alpha value is -0.420. The summed E-state index contributed by atoms with van der Waals surface area (Å²) in [5.74, 6) is -2.00. The molecule has 5 heteroatoms. The quantitative estimate of drug-likeness (QED) is 0.499. The van der Waals surface area contributed by atoms with E-state index in [-0.39, 0.29) is 40.7 Å². The van der Waals surface area contributed by atoms with Gasteiger partial charge in [-0.05, 0) is 23.8 Å². The number of aliphatic hydroxyl groups is 1. The molecule has 0 bridgehead atoms. The maximum Gasteiger partial charge on any atom is 1.00 e. The zero-order valence-electron chi connectivity index (χ0n) is 7.08. The zero-order valence-corrected chi connectivity index (χ0v) is 9.08. The van der Waals surface area contributed by atoms with Crippen LogP contribution in [0.3, 0.4) is 0 Å². The summed E-state index contributed by atoms with van der Waals surface area (Å²) in [5, 5.41) is 19.0. The molecule has 64 valence electrons. The number of benzene rings is 1. The van der Waals surface area contributed by atoms with Crippen molar-refractivity contribution in [1.29, 1.82) is 0 Å². The molecule has 3 nitrogen and oxygen atoms in total. The van der Waals surface area contributed by atoms with Crippen LogP contribution in [-0.2, 0) is 6.61 Å². The van der Waals surface area contributed by atoms with Gasteiger partial charge in [-0.2, -0.15) is 0 Å². The number of halogens is 1. The molecule has 0 heterocycles. The van der Waals surface area contributed by atoms with Crippen molar-refractivity contribution in [2.75, 3.05) is 0 Å². The summed E-state index contributed by atoms with van der Waals surface area (Å²) in [7, 11) is 0. The summed E-state index contributed by atoms with van der Waals surface area (Å²) in [5.41, 5.74) is -0.158. The average molecular weight is 192 g/mol. The number of carbonyl (C=O) groups excluding carboxylic acids is 1. The minimum Gasteiger partial charge on any atom is -0.545 e. The molecule has 0 amide bonds. The van der Waals surface area contributed by atoms with Gasteiger partial charge >= 0.3 is 29.6 Å². The van der Waals surface area contributed by atoms with E-state index >= 15 is 0 Å². The van der Waals surface area contributed by atoms with E-state index in [4.69, 9.17) is 5.11 Å². The molecule has 0 fully saturated rings. The number of aliphatic hydroxyl groups excluding tert-OH is 1. The Morgan fingerprint density at radius 2 is 2.15 bits per heavy atom. The second kappa shape index (κ2) is 5.34. The van der Waals surface area contributed by atoms with Crippen molar-refractivity contribution in [2.24, 2.45) is 0 Å². The fraction of sp³-hybridized carbons (Fsp3) is 0.125. The van der Waals surface area contributed by atoms with E-state index in [1.54, 1.807) is 0 Å². The Balaban J connectivity index is 0.00000144. The molecule has 0 saturated carbocycles. The summed E-state index contributed by atoms with van der Waals surface area (Å²) in [6.45, 7) is -0.513. The van der Waals surface area contributed by atoms with Gasteiger partial charge in [-0.15, -0.1) is 0 Å². The molecule has 0 aliphatic rings. The van der Waals surface area contributed by atoms with Gasteiger partial charge in [-0.3, -0.25) is 0 Å². The first-order valence-corrected chi connectivity index (χ1v) is 3.26. The fourth-order valence-electron chi connectivity index (χ4n) is 0.892. The maximum atomic E-state index is 12.5. The third-order valence-electron chi connectivity index (χ3n) is 1.46. The second-order valence-corrected chi connectivity index (χ2v) is 2.25. The number of hydrogen-bond acceptors (Lipinski definition) is 3. The van der Waals surface area contributed by atoms with Gasteiger partial charge in [0.1, 0.15) is 5.82 Å².